The third kappa shape index (κ3) is 2.78. The molecular weight excluding hydrogens is 266 g/mol. The fourth-order valence-corrected chi connectivity index (χ4v) is 3.29. The largest absolute Gasteiger partial charge is 0.543 e. The summed E-state index contributed by atoms with van der Waals surface area (Å²) in [5.41, 5.74) is 2.58. The van der Waals surface area contributed by atoms with Crippen LogP contribution >= 0.6 is 0 Å². The van der Waals surface area contributed by atoms with Crippen LogP contribution in [-0.4, -0.2) is 28.4 Å². The molecule has 0 atom stereocenters. The van der Waals surface area contributed by atoms with Crippen molar-refractivity contribution in [3.63, 3.8) is 0 Å². The maximum atomic E-state index is 11.4. The Morgan fingerprint density at radius 1 is 1.29 bits per heavy atom. The van der Waals surface area contributed by atoms with Crippen LogP contribution in [0.5, 0.6) is 0 Å². The van der Waals surface area contributed by atoms with Crippen LogP contribution in [0.25, 0.3) is 5.65 Å². The lowest BCUT2D eigenvalue weighted by molar-refractivity contribution is -0.913. The highest BCUT2D eigenvalue weighted by atomic mass is 16.4. The van der Waals surface area contributed by atoms with E-state index in [1.807, 2.05) is 29.5 Å². The fourth-order valence-electron chi connectivity index (χ4n) is 3.29. The minimum Gasteiger partial charge on any atom is -0.543 e. The van der Waals surface area contributed by atoms with Gasteiger partial charge in [0, 0.05) is 5.69 Å². The first kappa shape index (κ1) is 14.1. The average Bonchev–Trinajstić information content (AvgIpc) is 2.64. The number of aromatic nitrogens is 2. The predicted octanol–water partition coefficient (Wildman–Crippen LogP) is -0.0349. The SMILES string of the molecule is Cc1cccc2nc(C(=O)[O-])c(C[NH+]3CCCCCC3)n12. The van der Waals surface area contributed by atoms with Gasteiger partial charge in [0.15, 0.2) is 0 Å². The van der Waals surface area contributed by atoms with Crippen molar-refractivity contribution in [3.8, 4) is 0 Å². The Balaban J connectivity index is 2.02. The summed E-state index contributed by atoms with van der Waals surface area (Å²) in [6, 6.07) is 5.73. The zero-order chi connectivity index (χ0) is 14.8. The Hall–Kier alpha value is -1.88. The van der Waals surface area contributed by atoms with Crippen LogP contribution in [0.4, 0.5) is 0 Å². The van der Waals surface area contributed by atoms with Crippen molar-refractivity contribution in [2.24, 2.45) is 0 Å². The molecule has 1 aliphatic heterocycles. The molecule has 5 heteroatoms. The molecule has 3 heterocycles. The van der Waals surface area contributed by atoms with Crippen molar-refractivity contribution in [1.29, 1.82) is 0 Å². The second-order valence-electron chi connectivity index (χ2n) is 5.90. The molecule has 5 nitrogen and oxygen atoms in total. The molecule has 1 fully saturated rings. The normalized spacial score (nSPS) is 17.0. The maximum Gasteiger partial charge on any atom is 0.138 e. The van der Waals surface area contributed by atoms with Gasteiger partial charge in [-0.15, -0.1) is 0 Å². The summed E-state index contributed by atoms with van der Waals surface area (Å²) < 4.78 is 1.96. The van der Waals surface area contributed by atoms with Gasteiger partial charge in [-0.25, -0.2) is 4.98 Å². The third-order valence-corrected chi connectivity index (χ3v) is 4.36. The van der Waals surface area contributed by atoms with Gasteiger partial charge in [-0.1, -0.05) is 6.07 Å². The molecule has 2 aromatic heterocycles. The second kappa shape index (κ2) is 5.85. The van der Waals surface area contributed by atoms with E-state index >= 15 is 0 Å². The van der Waals surface area contributed by atoms with Crippen molar-refractivity contribution >= 4 is 11.6 Å². The molecule has 0 aromatic carbocycles. The van der Waals surface area contributed by atoms with Crippen LogP contribution in [-0.2, 0) is 6.54 Å². The Bertz CT molecular complexity index is 655. The van der Waals surface area contributed by atoms with Crippen LogP contribution in [0, 0.1) is 6.92 Å². The van der Waals surface area contributed by atoms with Crippen LogP contribution in [0.3, 0.4) is 0 Å². The monoisotopic (exact) mass is 287 g/mol. The van der Waals surface area contributed by atoms with Gasteiger partial charge < -0.3 is 14.8 Å². The molecule has 0 radical (unpaired) electrons. The molecule has 2 aromatic rings. The molecule has 0 amide bonds. The molecule has 1 aliphatic rings. The number of imidazole rings is 1. The number of hydrogen-bond acceptors (Lipinski definition) is 3. The molecule has 112 valence electrons. The van der Waals surface area contributed by atoms with Crippen molar-refractivity contribution in [2.75, 3.05) is 13.1 Å². The first-order chi connectivity index (χ1) is 10.2. The zero-order valence-corrected chi connectivity index (χ0v) is 12.4. The lowest BCUT2D eigenvalue weighted by Crippen LogP contribution is -3.10. The molecule has 0 bridgehead atoms. The van der Waals surface area contributed by atoms with E-state index < -0.39 is 5.97 Å². The van der Waals surface area contributed by atoms with Gasteiger partial charge >= 0.3 is 0 Å². The molecule has 1 N–H and O–H groups in total. The zero-order valence-electron chi connectivity index (χ0n) is 12.4. The van der Waals surface area contributed by atoms with Crippen LogP contribution in [0.1, 0.15) is 47.6 Å². The van der Waals surface area contributed by atoms with Crippen molar-refractivity contribution in [2.45, 2.75) is 39.2 Å². The number of fused-ring (bicyclic) bond motifs is 1. The van der Waals surface area contributed by atoms with E-state index in [4.69, 9.17) is 0 Å². The first-order valence-electron chi connectivity index (χ1n) is 7.68. The number of hydrogen-bond donors (Lipinski definition) is 1. The highest BCUT2D eigenvalue weighted by Gasteiger charge is 2.20. The lowest BCUT2D eigenvalue weighted by atomic mass is 10.2. The van der Waals surface area contributed by atoms with Gasteiger partial charge in [0.2, 0.25) is 0 Å². The van der Waals surface area contributed by atoms with Gasteiger partial charge in [0.05, 0.1) is 19.1 Å². The highest BCUT2D eigenvalue weighted by molar-refractivity contribution is 5.86. The molecular formula is C16H21N3O2. The molecule has 0 spiro atoms. The van der Waals surface area contributed by atoms with E-state index in [9.17, 15) is 9.90 Å². The Kier molecular flexibility index (Phi) is 3.92. The summed E-state index contributed by atoms with van der Waals surface area (Å²) in [7, 11) is 0. The number of carboxylic acids is 1. The van der Waals surface area contributed by atoms with Gasteiger partial charge in [-0.2, -0.15) is 0 Å². The van der Waals surface area contributed by atoms with E-state index in [1.54, 1.807) is 0 Å². The maximum absolute atomic E-state index is 11.4. The Labute approximate surface area is 124 Å². The van der Waals surface area contributed by atoms with E-state index in [2.05, 4.69) is 4.98 Å². The minimum atomic E-state index is -1.18. The number of quaternary nitrogens is 1. The molecule has 0 unspecified atom stereocenters. The Morgan fingerprint density at radius 2 is 2.00 bits per heavy atom. The van der Waals surface area contributed by atoms with Gasteiger partial charge in [-0.3, -0.25) is 4.40 Å². The number of aryl methyl sites for hydroxylation is 1. The Morgan fingerprint density at radius 3 is 2.67 bits per heavy atom. The summed E-state index contributed by atoms with van der Waals surface area (Å²) in [6.07, 6.45) is 4.99. The highest BCUT2D eigenvalue weighted by Crippen LogP contribution is 2.14. The number of aromatic carboxylic acids is 1. The standard InChI is InChI=1S/C16H21N3O2/c1-12-7-6-8-14-17-15(16(20)21)13(19(12)14)11-18-9-4-2-3-5-10-18/h6-8H,2-5,9-11H2,1H3,(H,20,21). The van der Waals surface area contributed by atoms with Gasteiger partial charge in [0.1, 0.15) is 23.6 Å². The van der Waals surface area contributed by atoms with Crippen molar-refractivity contribution in [1.82, 2.24) is 9.38 Å². The number of pyridine rings is 1. The van der Waals surface area contributed by atoms with E-state index in [-0.39, 0.29) is 5.69 Å². The lowest BCUT2D eigenvalue weighted by Gasteiger charge is -2.18. The van der Waals surface area contributed by atoms with E-state index in [0.29, 0.717) is 12.2 Å². The number of nitrogens with zero attached hydrogens (tertiary/aromatic N) is 2. The summed E-state index contributed by atoms with van der Waals surface area (Å²) >= 11 is 0. The summed E-state index contributed by atoms with van der Waals surface area (Å²) in [4.78, 5) is 17.1. The minimum absolute atomic E-state index is 0.0982. The average molecular weight is 287 g/mol. The number of carbonyl (C=O) groups excluding carboxylic acids is 1. The fraction of sp³-hybridized carbons (Fsp3) is 0.500. The quantitative estimate of drug-likeness (QED) is 0.862. The van der Waals surface area contributed by atoms with E-state index in [0.717, 1.165) is 24.5 Å². The number of carboxylic acid groups (broad SMARTS) is 1. The van der Waals surface area contributed by atoms with Crippen molar-refractivity contribution in [3.05, 3.63) is 35.3 Å². The number of carbonyl (C=O) groups is 1. The van der Waals surface area contributed by atoms with Crippen LogP contribution < -0.4 is 10.0 Å². The summed E-state index contributed by atoms with van der Waals surface area (Å²) in [6.45, 7) is 4.89. The summed E-state index contributed by atoms with van der Waals surface area (Å²) in [5.74, 6) is -1.18. The number of rotatable bonds is 3. The second-order valence-corrected chi connectivity index (χ2v) is 5.90. The third-order valence-electron chi connectivity index (χ3n) is 4.36. The molecule has 3 rings (SSSR count). The topological polar surface area (TPSA) is 61.9 Å². The predicted molar refractivity (Wildman–Crippen MR) is 77.1 cm³/mol. The van der Waals surface area contributed by atoms with Gasteiger partial charge in [0.25, 0.3) is 0 Å². The molecule has 0 aliphatic carbocycles. The number of likely N-dealkylation sites (tertiary alicyclic amines) is 1. The van der Waals surface area contributed by atoms with Crippen molar-refractivity contribution < 1.29 is 14.8 Å². The van der Waals surface area contributed by atoms with Gasteiger partial charge in [-0.05, 0) is 44.7 Å². The molecule has 21 heavy (non-hydrogen) atoms. The van der Waals surface area contributed by atoms with Crippen LogP contribution in [0.2, 0.25) is 0 Å². The molecule has 0 saturated carbocycles. The number of nitrogens with one attached hydrogen (secondary N) is 1. The smallest absolute Gasteiger partial charge is 0.138 e. The summed E-state index contributed by atoms with van der Waals surface area (Å²) in [5, 5.41) is 11.4. The van der Waals surface area contributed by atoms with Crippen LogP contribution in [0.15, 0.2) is 18.2 Å². The van der Waals surface area contributed by atoms with E-state index in [1.165, 1.54) is 30.6 Å². The molecule has 1 saturated heterocycles. The first-order valence-corrected chi connectivity index (χ1v) is 7.68.